The highest BCUT2D eigenvalue weighted by molar-refractivity contribution is 5.75. The van der Waals surface area contributed by atoms with Crippen LogP contribution in [0.15, 0.2) is 12.2 Å². The molecular formula is C34H67NO. The summed E-state index contributed by atoms with van der Waals surface area (Å²) in [5.74, 6) is 0.266. The summed E-state index contributed by atoms with van der Waals surface area (Å²) >= 11 is 0. The van der Waals surface area contributed by atoms with E-state index in [1.54, 1.807) is 0 Å². The molecule has 0 aliphatic heterocycles. The van der Waals surface area contributed by atoms with E-state index in [9.17, 15) is 4.79 Å². The van der Waals surface area contributed by atoms with E-state index in [0.29, 0.717) is 0 Å². The van der Waals surface area contributed by atoms with E-state index in [-0.39, 0.29) is 5.91 Å². The highest BCUT2D eigenvalue weighted by atomic mass is 16.1. The standard InChI is InChI=1S/C34H67NO/c1-3-5-7-9-11-13-15-17-19-20-22-24-26-28-30-32-34(36)35-33-31-29-27-25-23-21-18-16-14-12-10-8-6-4-2/h17,19H,3-16,18,20-33H2,1-2H3,(H,35,36)/b19-17-. The molecule has 0 aromatic rings. The molecule has 214 valence electrons. The molecule has 0 rings (SSSR count). The zero-order valence-corrected chi connectivity index (χ0v) is 25.1. The number of unbranched alkanes of at least 4 members (excludes halogenated alkanes) is 24. The average molecular weight is 506 g/mol. The zero-order valence-electron chi connectivity index (χ0n) is 25.1. The fourth-order valence-electron chi connectivity index (χ4n) is 4.99. The molecule has 0 heterocycles. The van der Waals surface area contributed by atoms with E-state index in [4.69, 9.17) is 0 Å². The summed E-state index contributed by atoms with van der Waals surface area (Å²) < 4.78 is 0. The van der Waals surface area contributed by atoms with Gasteiger partial charge in [0.25, 0.3) is 0 Å². The summed E-state index contributed by atoms with van der Waals surface area (Å²) in [4.78, 5) is 12.0. The van der Waals surface area contributed by atoms with E-state index in [2.05, 4.69) is 31.3 Å². The smallest absolute Gasteiger partial charge is 0.219 e. The molecule has 1 N–H and O–H groups in total. The fourth-order valence-corrected chi connectivity index (χ4v) is 4.99. The van der Waals surface area contributed by atoms with Crippen LogP contribution in [0.25, 0.3) is 0 Å². The number of allylic oxidation sites excluding steroid dienone is 2. The zero-order chi connectivity index (χ0) is 26.2. The van der Waals surface area contributed by atoms with E-state index < -0.39 is 0 Å². The summed E-state index contributed by atoms with van der Waals surface area (Å²) in [6.07, 6.45) is 41.8. The van der Waals surface area contributed by atoms with E-state index in [1.807, 2.05) is 0 Å². The topological polar surface area (TPSA) is 29.1 Å². The van der Waals surface area contributed by atoms with Crippen LogP contribution >= 0.6 is 0 Å². The maximum absolute atomic E-state index is 12.0. The first-order chi connectivity index (χ1) is 17.8. The maximum atomic E-state index is 12.0. The number of nitrogens with one attached hydrogen (secondary N) is 1. The van der Waals surface area contributed by atoms with Gasteiger partial charge >= 0.3 is 0 Å². The maximum Gasteiger partial charge on any atom is 0.219 e. The van der Waals surface area contributed by atoms with Crippen LogP contribution in [0, 0.1) is 0 Å². The Kier molecular flexibility index (Phi) is 31.5. The lowest BCUT2D eigenvalue weighted by Crippen LogP contribution is -2.23. The predicted molar refractivity (Wildman–Crippen MR) is 163 cm³/mol. The Morgan fingerprint density at radius 2 is 0.778 bits per heavy atom. The third kappa shape index (κ3) is 31.2. The first kappa shape index (κ1) is 35.2. The second-order valence-corrected chi connectivity index (χ2v) is 11.3. The molecule has 0 unspecified atom stereocenters. The lowest BCUT2D eigenvalue weighted by molar-refractivity contribution is -0.121. The molecule has 0 aromatic heterocycles. The van der Waals surface area contributed by atoms with Crippen LogP contribution < -0.4 is 5.32 Å². The molecule has 0 atom stereocenters. The minimum Gasteiger partial charge on any atom is -0.356 e. The summed E-state index contributed by atoms with van der Waals surface area (Å²) in [7, 11) is 0. The van der Waals surface area contributed by atoms with Gasteiger partial charge in [-0.1, -0.05) is 161 Å². The Labute approximate surface area is 228 Å². The van der Waals surface area contributed by atoms with Gasteiger partial charge in [-0.2, -0.15) is 0 Å². The number of rotatable bonds is 30. The van der Waals surface area contributed by atoms with Gasteiger partial charge in [0.1, 0.15) is 0 Å². The molecule has 0 bridgehead atoms. The van der Waals surface area contributed by atoms with Crippen LogP contribution in [0.4, 0.5) is 0 Å². The van der Waals surface area contributed by atoms with Gasteiger partial charge < -0.3 is 5.32 Å². The number of amides is 1. The van der Waals surface area contributed by atoms with Gasteiger partial charge in [0.05, 0.1) is 0 Å². The van der Waals surface area contributed by atoms with Crippen molar-refractivity contribution in [3.8, 4) is 0 Å². The monoisotopic (exact) mass is 506 g/mol. The van der Waals surface area contributed by atoms with Gasteiger partial charge in [-0.15, -0.1) is 0 Å². The lowest BCUT2D eigenvalue weighted by atomic mass is 10.0. The Hall–Kier alpha value is -0.790. The van der Waals surface area contributed by atoms with Crippen LogP contribution in [-0.4, -0.2) is 12.5 Å². The second-order valence-electron chi connectivity index (χ2n) is 11.3. The first-order valence-corrected chi connectivity index (χ1v) is 16.7. The number of carbonyl (C=O) groups is 1. The molecule has 0 radical (unpaired) electrons. The third-order valence-electron chi connectivity index (χ3n) is 7.52. The highest BCUT2D eigenvalue weighted by Gasteiger charge is 2.00. The van der Waals surface area contributed by atoms with Gasteiger partial charge in [-0.3, -0.25) is 4.79 Å². The second kappa shape index (κ2) is 32.2. The van der Waals surface area contributed by atoms with Gasteiger partial charge in [-0.25, -0.2) is 0 Å². The summed E-state index contributed by atoms with van der Waals surface area (Å²) in [5.41, 5.74) is 0. The van der Waals surface area contributed by atoms with Crippen molar-refractivity contribution >= 4 is 5.91 Å². The Morgan fingerprint density at radius 1 is 0.444 bits per heavy atom. The molecule has 2 heteroatoms. The quantitative estimate of drug-likeness (QED) is 0.0763. The molecule has 0 saturated carbocycles. The Balaban J connectivity index is 3.19. The minimum absolute atomic E-state index is 0.266. The molecule has 0 spiro atoms. The lowest BCUT2D eigenvalue weighted by Gasteiger charge is -2.06. The van der Waals surface area contributed by atoms with E-state index >= 15 is 0 Å². The van der Waals surface area contributed by atoms with Crippen LogP contribution in [0.3, 0.4) is 0 Å². The average Bonchev–Trinajstić information content (AvgIpc) is 2.88. The van der Waals surface area contributed by atoms with E-state index in [1.165, 1.54) is 161 Å². The van der Waals surface area contributed by atoms with Gasteiger partial charge in [-0.05, 0) is 38.5 Å². The Morgan fingerprint density at radius 3 is 1.19 bits per heavy atom. The van der Waals surface area contributed by atoms with E-state index in [0.717, 1.165) is 25.8 Å². The first-order valence-electron chi connectivity index (χ1n) is 16.7. The minimum atomic E-state index is 0.266. The molecule has 0 aliphatic rings. The van der Waals surface area contributed by atoms with Crippen molar-refractivity contribution in [2.75, 3.05) is 6.54 Å². The molecular weight excluding hydrogens is 438 g/mol. The van der Waals surface area contributed by atoms with Crippen molar-refractivity contribution in [3.05, 3.63) is 12.2 Å². The summed E-state index contributed by atoms with van der Waals surface area (Å²) in [6, 6.07) is 0. The Bertz CT molecular complexity index is 444. The largest absolute Gasteiger partial charge is 0.356 e. The predicted octanol–water partition coefficient (Wildman–Crippen LogP) is 11.6. The fraction of sp³-hybridized carbons (Fsp3) is 0.912. The number of hydrogen-bond donors (Lipinski definition) is 1. The molecule has 0 aliphatic carbocycles. The SMILES string of the molecule is CCCCCCCC/C=C\CCCCCCCC(=O)NCCCCCCCCCCCCCCCC. The van der Waals surface area contributed by atoms with Crippen molar-refractivity contribution in [1.82, 2.24) is 5.32 Å². The summed E-state index contributed by atoms with van der Waals surface area (Å²) in [6.45, 7) is 5.45. The number of hydrogen-bond acceptors (Lipinski definition) is 1. The van der Waals surface area contributed by atoms with Gasteiger partial charge in [0.2, 0.25) is 5.91 Å². The van der Waals surface area contributed by atoms with Crippen molar-refractivity contribution in [3.63, 3.8) is 0 Å². The van der Waals surface area contributed by atoms with Gasteiger partial charge in [0, 0.05) is 13.0 Å². The van der Waals surface area contributed by atoms with Crippen LogP contribution in [0.2, 0.25) is 0 Å². The van der Waals surface area contributed by atoms with Crippen LogP contribution in [0.5, 0.6) is 0 Å². The third-order valence-corrected chi connectivity index (χ3v) is 7.52. The van der Waals surface area contributed by atoms with Crippen molar-refractivity contribution in [2.24, 2.45) is 0 Å². The molecule has 0 fully saturated rings. The number of carbonyl (C=O) groups excluding carboxylic acids is 1. The van der Waals surface area contributed by atoms with Crippen molar-refractivity contribution in [1.29, 1.82) is 0 Å². The summed E-state index contributed by atoms with van der Waals surface area (Å²) in [5, 5.41) is 3.13. The van der Waals surface area contributed by atoms with Crippen molar-refractivity contribution in [2.45, 2.75) is 194 Å². The van der Waals surface area contributed by atoms with Crippen molar-refractivity contribution < 1.29 is 4.79 Å². The normalized spacial score (nSPS) is 11.5. The molecule has 0 aromatic carbocycles. The van der Waals surface area contributed by atoms with Crippen LogP contribution in [0.1, 0.15) is 194 Å². The molecule has 36 heavy (non-hydrogen) atoms. The molecule has 1 amide bonds. The molecule has 0 saturated heterocycles. The van der Waals surface area contributed by atoms with Gasteiger partial charge in [0.15, 0.2) is 0 Å². The highest BCUT2D eigenvalue weighted by Crippen LogP contribution is 2.13. The molecule has 2 nitrogen and oxygen atoms in total. The van der Waals surface area contributed by atoms with Crippen LogP contribution in [-0.2, 0) is 4.79 Å².